The zero-order chi connectivity index (χ0) is 20.1. The lowest BCUT2D eigenvalue weighted by molar-refractivity contribution is -0.135. The number of rotatable bonds is 8. The van der Waals surface area contributed by atoms with Gasteiger partial charge >= 0.3 is 6.03 Å². The van der Waals surface area contributed by atoms with E-state index in [0.29, 0.717) is 19.0 Å². The molecule has 0 aliphatic carbocycles. The highest BCUT2D eigenvalue weighted by molar-refractivity contribution is 6.07. The van der Waals surface area contributed by atoms with Crippen LogP contribution in [-0.2, 0) is 11.2 Å². The van der Waals surface area contributed by atoms with Gasteiger partial charge in [0.05, 0.1) is 0 Å². The number of pyridine rings is 1. The Hall–Kier alpha value is -1.95. The van der Waals surface area contributed by atoms with E-state index in [2.05, 4.69) is 23.7 Å². The van der Waals surface area contributed by atoms with Crippen molar-refractivity contribution >= 4 is 11.9 Å². The third-order valence-corrected chi connectivity index (χ3v) is 6.46. The first-order valence-electron chi connectivity index (χ1n) is 10.8. The van der Waals surface area contributed by atoms with E-state index in [1.165, 1.54) is 11.3 Å². The molecule has 3 rings (SSSR count). The van der Waals surface area contributed by atoms with Gasteiger partial charge in [-0.15, -0.1) is 0 Å². The minimum Gasteiger partial charge on any atom is -0.310 e. The molecule has 2 saturated heterocycles. The fourth-order valence-electron chi connectivity index (χ4n) is 4.56. The van der Waals surface area contributed by atoms with Gasteiger partial charge in [0.1, 0.15) is 5.54 Å². The van der Waals surface area contributed by atoms with Crippen molar-refractivity contribution in [3.8, 4) is 0 Å². The van der Waals surface area contributed by atoms with Gasteiger partial charge in [-0.05, 0) is 50.2 Å². The predicted molar refractivity (Wildman–Crippen MR) is 110 cm³/mol. The van der Waals surface area contributed by atoms with Crippen molar-refractivity contribution < 1.29 is 9.59 Å². The normalized spacial score (nSPS) is 21.0. The Kier molecular flexibility index (Phi) is 6.70. The third-order valence-electron chi connectivity index (χ3n) is 6.46. The van der Waals surface area contributed by atoms with Gasteiger partial charge in [0, 0.05) is 45.1 Å². The number of amides is 3. The molecule has 0 aromatic carbocycles. The highest BCUT2D eigenvalue weighted by atomic mass is 16.2. The molecule has 0 N–H and O–H groups in total. The number of nitrogens with zero attached hydrogens (tertiary/aromatic N) is 4. The Morgan fingerprint density at radius 2 is 1.96 bits per heavy atom. The highest BCUT2D eigenvalue weighted by Gasteiger charge is 2.57. The zero-order valence-electron chi connectivity index (χ0n) is 17.6. The van der Waals surface area contributed by atoms with Gasteiger partial charge < -0.3 is 9.80 Å². The molecule has 6 nitrogen and oxygen atoms in total. The summed E-state index contributed by atoms with van der Waals surface area (Å²) in [6.45, 7) is 10.4. The van der Waals surface area contributed by atoms with Crippen molar-refractivity contribution in [2.45, 2.75) is 58.4 Å². The molecule has 1 atom stereocenters. The van der Waals surface area contributed by atoms with Crippen LogP contribution in [0.15, 0.2) is 24.5 Å². The summed E-state index contributed by atoms with van der Waals surface area (Å²) in [7, 11) is 0. The number of imide groups is 1. The molecule has 2 aliphatic heterocycles. The lowest BCUT2D eigenvalue weighted by Crippen LogP contribution is -2.56. The maximum absolute atomic E-state index is 13.3. The number of piperidine rings is 1. The van der Waals surface area contributed by atoms with Crippen LogP contribution in [0.2, 0.25) is 0 Å². The van der Waals surface area contributed by atoms with E-state index >= 15 is 0 Å². The third kappa shape index (κ3) is 4.07. The number of hydrogen-bond donors (Lipinski definition) is 0. The Bertz CT molecular complexity index is 670. The average Bonchev–Trinajstić information content (AvgIpc) is 2.91. The minimum atomic E-state index is -0.619. The average molecular weight is 387 g/mol. The summed E-state index contributed by atoms with van der Waals surface area (Å²) in [5.74, 6) is 0.690. The molecule has 1 spiro atoms. The molecule has 6 heteroatoms. The second kappa shape index (κ2) is 9.03. The number of aromatic nitrogens is 1. The molecular formula is C22H34N4O2. The molecular weight excluding hydrogens is 352 g/mol. The minimum absolute atomic E-state index is 0.0220. The summed E-state index contributed by atoms with van der Waals surface area (Å²) in [4.78, 5) is 36.2. The van der Waals surface area contributed by atoms with Crippen LogP contribution in [0.5, 0.6) is 0 Å². The van der Waals surface area contributed by atoms with E-state index in [1.54, 1.807) is 6.20 Å². The van der Waals surface area contributed by atoms with Crippen LogP contribution in [0.25, 0.3) is 0 Å². The summed E-state index contributed by atoms with van der Waals surface area (Å²) in [6.07, 6.45) is 7.88. The predicted octanol–water partition coefficient (Wildman–Crippen LogP) is 3.18. The number of carbonyl (C=O) groups excluding carboxylic acids is 2. The number of carbonyl (C=O) groups is 2. The Balaban J connectivity index is 1.62. The molecule has 0 unspecified atom stereocenters. The fraction of sp³-hybridized carbons (Fsp3) is 0.682. The van der Waals surface area contributed by atoms with Gasteiger partial charge in [-0.25, -0.2) is 4.79 Å². The maximum Gasteiger partial charge on any atom is 0.327 e. The van der Waals surface area contributed by atoms with Crippen LogP contribution >= 0.6 is 0 Å². The molecule has 3 heterocycles. The summed E-state index contributed by atoms with van der Waals surface area (Å²) >= 11 is 0. The van der Waals surface area contributed by atoms with Crippen molar-refractivity contribution in [1.29, 1.82) is 0 Å². The molecule has 1 aromatic rings. The number of likely N-dealkylation sites (tertiary alicyclic amines) is 1. The molecule has 2 fully saturated rings. The molecule has 0 bridgehead atoms. The topological polar surface area (TPSA) is 56.8 Å². The lowest BCUT2D eigenvalue weighted by Gasteiger charge is -2.42. The van der Waals surface area contributed by atoms with E-state index in [0.717, 1.165) is 50.9 Å². The number of likely N-dealkylation sites (N-methyl/N-ethyl adjacent to an activating group) is 1. The standard InChI is InChI=1S/C22H34N4O2/c1-4-18(3)17-24-14-10-22(11-15-24)20(27)25(21(28)26(22)5-2)13-7-9-19-8-6-12-23-16-19/h6,8,12,16,18H,4-5,7,9-11,13-15,17H2,1-3H3/t18-/m0/s1. The van der Waals surface area contributed by atoms with Crippen molar-refractivity contribution in [3.63, 3.8) is 0 Å². The van der Waals surface area contributed by atoms with Gasteiger partial charge in [-0.3, -0.25) is 14.7 Å². The summed E-state index contributed by atoms with van der Waals surface area (Å²) < 4.78 is 0. The van der Waals surface area contributed by atoms with E-state index in [1.807, 2.05) is 30.2 Å². The second-order valence-electron chi connectivity index (χ2n) is 8.29. The molecule has 154 valence electrons. The quantitative estimate of drug-likeness (QED) is 0.644. The number of hydrogen-bond acceptors (Lipinski definition) is 4. The van der Waals surface area contributed by atoms with Crippen LogP contribution in [0.1, 0.15) is 52.0 Å². The van der Waals surface area contributed by atoms with Crippen LogP contribution < -0.4 is 0 Å². The first kappa shape index (κ1) is 20.8. The van der Waals surface area contributed by atoms with Gasteiger partial charge in [0.2, 0.25) is 0 Å². The van der Waals surface area contributed by atoms with Crippen molar-refractivity contribution in [1.82, 2.24) is 19.7 Å². The SMILES string of the molecule is CC[C@H](C)CN1CCC2(CC1)C(=O)N(CCCc1cccnc1)C(=O)N2CC. The first-order valence-corrected chi connectivity index (χ1v) is 10.8. The lowest BCUT2D eigenvalue weighted by atomic mass is 9.85. The Labute approximate surface area is 168 Å². The van der Waals surface area contributed by atoms with Crippen LogP contribution in [-0.4, -0.2) is 69.9 Å². The van der Waals surface area contributed by atoms with E-state index in [9.17, 15) is 9.59 Å². The smallest absolute Gasteiger partial charge is 0.310 e. The molecule has 1 aromatic heterocycles. The molecule has 0 saturated carbocycles. The zero-order valence-corrected chi connectivity index (χ0v) is 17.6. The fourth-order valence-corrected chi connectivity index (χ4v) is 4.56. The largest absolute Gasteiger partial charge is 0.327 e. The number of aryl methyl sites for hydroxylation is 1. The van der Waals surface area contributed by atoms with Crippen molar-refractivity contribution in [2.24, 2.45) is 5.92 Å². The molecule has 28 heavy (non-hydrogen) atoms. The first-order chi connectivity index (χ1) is 13.5. The summed E-state index contributed by atoms with van der Waals surface area (Å²) in [5.41, 5.74) is 0.522. The number of urea groups is 1. The van der Waals surface area contributed by atoms with Crippen molar-refractivity contribution in [3.05, 3.63) is 30.1 Å². The highest BCUT2D eigenvalue weighted by Crippen LogP contribution is 2.37. The van der Waals surface area contributed by atoms with Gasteiger partial charge in [0.15, 0.2) is 0 Å². The summed E-state index contributed by atoms with van der Waals surface area (Å²) in [6, 6.07) is 3.85. The van der Waals surface area contributed by atoms with Gasteiger partial charge in [-0.2, -0.15) is 0 Å². The van der Waals surface area contributed by atoms with Crippen LogP contribution in [0, 0.1) is 5.92 Å². The van der Waals surface area contributed by atoms with Gasteiger partial charge in [-0.1, -0.05) is 26.3 Å². The van der Waals surface area contributed by atoms with Crippen molar-refractivity contribution in [2.75, 3.05) is 32.7 Å². The van der Waals surface area contributed by atoms with E-state index in [-0.39, 0.29) is 11.9 Å². The van der Waals surface area contributed by atoms with E-state index < -0.39 is 5.54 Å². The molecule has 3 amide bonds. The Morgan fingerprint density at radius 3 is 2.57 bits per heavy atom. The monoisotopic (exact) mass is 386 g/mol. The Morgan fingerprint density at radius 1 is 1.21 bits per heavy atom. The van der Waals surface area contributed by atoms with Crippen LogP contribution in [0.3, 0.4) is 0 Å². The molecule has 0 radical (unpaired) electrons. The van der Waals surface area contributed by atoms with Crippen LogP contribution in [0.4, 0.5) is 4.79 Å². The maximum atomic E-state index is 13.3. The van der Waals surface area contributed by atoms with Gasteiger partial charge in [0.25, 0.3) is 5.91 Å². The van der Waals surface area contributed by atoms with E-state index in [4.69, 9.17) is 0 Å². The second-order valence-corrected chi connectivity index (χ2v) is 8.29. The summed E-state index contributed by atoms with van der Waals surface area (Å²) in [5, 5.41) is 0. The molecule has 2 aliphatic rings.